The Balaban J connectivity index is 2.64. The molecule has 0 bridgehead atoms. The molecule has 0 spiro atoms. The molecule has 76 valence electrons. The third-order valence-electron chi connectivity index (χ3n) is 2.19. The van der Waals surface area contributed by atoms with Crippen molar-refractivity contribution in [1.82, 2.24) is 5.43 Å². The third kappa shape index (κ3) is 2.91. The van der Waals surface area contributed by atoms with Crippen LogP contribution in [0.1, 0.15) is 26.7 Å². The zero-order valence-electron chi connectivity index (χ0n) is 7.85. The Labute approximate surface area is 76.4 Å². The van der Waals surface area contributed by atoms with E-state index in [1.807, 2.05) is 0 Å². The van der Waals surface area contributed by atoms with E-state index < -0.39 is 11.8 Å². The van der Waals surface area contributed by atoms with Gasteiger partial charge in [0.05, 0.1) is 12.0 Å². The van der Waals surface area contributed by atoms with Crippen molar-refractivity contribution in [3.8, 4) is 0 Å². The molecule has 3 nitrogen and oxygen atoms in total. The van der Waals surface area contributed by atoms with Gasteiger partial charge in [0.2, 0.25) is 0 Å². The number of nitrogens with one attached hydrogen (secondary N) is 1. The van der Waals surface area contributed by atoms with E-state index in [4.69, 9.17) is 5.84 Å². The summed E-state index contributed by atoms with van der Waals surface area (Å²) < 4.78 is 25.7. The van der Waals surface area contributed by atoms with Gasteiger partial charge in [-0.15, -0.1) is 0 Å². The molecule has 0 heterocycles. The first kappa shape index (κ1) is 10.4. The lowest BCUT2D eigenvalue weighted by atomic mass is 10.0. The van der Waals surface area contributed by atoms with Crippen LogP contribution in [0.15, 0.2) is 4.99 Å². The largest absolute Gasteiger partial charge is 0.312 e. The highest BCUT2D eigenvalue weighted by molar-refractivity contribution is 5.84. The first-order chi connectivity index (χ1) is 5.95. The zero-order chi connectivity index (χ0) is 10.1. The molecule has 0 saturated heterocycles. The van der Waals surface area contributed by atoms with Gasteiger partial charge in [-0.25, -0.2) is 14.6 Å². The molecule has 1 aliphatic rings. The van der Waals surface area contributed by atoms with Gasteiger partial charge >= 0.3 is 0 Å². The van der Waals surface area contributed by atoms with Gasteiger partial charge in [-0.3, -0.25) is 4.99 Å². The SMILES string of the molecule is CC(C(=NC1CC1)NN)C(C)(F)F. The Morgan fingerprint density at radius 3 is 2.46 bits per heavy atom. The van der Waals surface area contributed by atoms with E-state index in [-0.39, 0.29) is 11.9 Å². The molecular formula is C8H15F2N3. The van der Waals surface area contributed by atoms with Gasteiger partial charge in [-0.05, 0) is 19.8 Å². The highest BCUT2D eigenvalue weighted by atomic mass is 19.3. The maximum absolute atomic E-state index is 12.8. The molecule has 0 amide bonds. The number of rotatable bonds is 3. The maximum Gasteiger partial charge on any atom is 0.254 e. The van der Waals surface area contributed by atoms with E-state index in [0.29, 0.717) is 0 Å². The van der Waals surface area contributed by atoms with Crippen molar-refractivity contribution in [1.29, 1.82) is 0 Å². The summed E-state index contributed by atoms with van der Waals surface area (Å²) in [5.74, 6) is 1.61. The minimum absolute atomic E-state index is 0.204. The summed E-state index contributed by atoms with van der Waals surface area (Å²) in [6, 6.07) is 0.204. The van der Waals surface area contributed by atoms with Crippen LogP contribution >= 0.6 is 0 Å². The zero-order valence-corrected chi connectivity index (χ0v) is 7.85. The van der Waals surface area contributed by atoms with Crippen molar-refractivity contribution in [3.05, 3.63) is 0 Å². The molecule has 0 aromatic carbocycles. The fourth-order valence-corrected chi connectivity index (χ4v) is 0.914. The molecule has 1 saturated carbocycles. The van der Waals surface area contributed by atoms with Gasteiger partial charge in [0, 0.05) is 6.92 Å². The molecule has 1 aliphatic carbocycles. The Bertz CT molecular complexity index is 206. The second kappa shape index (κ2) is 3.57. The topological polar surface area (TPSA) is 50.4 Å². The van der Waals surface area contributed by atoms with Crippen LogP contribution in [0.4, 0.5) is 8.78 Å². The Kier molecular flexibility index (Phi) is 2.85. The van der Waals surface area contributed by atoms with Gasteiger partial charge in [0.25, 0.3) is 5.92 Å². The van der Waals surface area contributed by atoms with Gasteiger partial charge in [-0.1, -0.05) is 0 Å². The molecule has 0 aromatic heterocycles. The van der Waals surface area contributed by atoms with E-state index >= 15 is 0 Å². The molecule has 1 unspecified atom stereocenters. The fraction of sp³-hybridized carbons (Fsp3) is 0.875. The normalized spacial score (nSPS) is 21.5. The number of hydrazine groups is 1. The van der Waals surface area contributed by atoms with Crippen LogP contribution in [0.3, 0.4) is 0 Å². The van der Waals surface area contributed by atoms with Gasteiger partial charge in [0.1, 0.15) is 5.84 Å². The van der Waals surface area contributed by atoms with Crippen LogP contribution in [0.5, 0.6) is 0 Å². The summed E-state index contributed by atoms with van der Waals surface area (Å²) in [7, 11) is 0. The van der Waals surface area contributed by atoms with Crippen molar-refractivity contribution in [2.45, 2.75) is 38.7 Å². The molecule has 5 heteroatoms. The predicted molar refractivity (Wildman–Crippen MR) is 47.6 cm³/mol. The molecule has 0 radical (unpaired) electrons. The molecule has 3 N–H and O–H groups in total. The van der Waals surface area contributed by atoms with Crippen molar-refractivity contribution < 1.29 is 8.78 Å². The highest BCUT2D eigenvalue weighted by Crippen LogP contribution is 2.28. The standard InChI is InChI=1S/C8H15F2N3/c1-5(8(2,9)10)7(13-11)12-6-3-4-6/h5-6H,3-4,11H2,1-2H3,(H,12,13). The van der Waals surface area contributed by atoms with Gasteiger partial charge in [0.15, 0.2) is 0 Å². The summed E-state index contributed by atoms with van der Waals surface area (Å²) >= 11 is 0. The number of alkyl halides is 2. The van der Waals surface area contributed by atoms with Crippen LogP contribution < -0.4 is 11.3 Å². The Morgan fingerprint density at radius 1 is 1.62 bits per heavy atom. The third-order valence-corrected chi connectivity index (χ3v) is 2.19. The maximum atomic E-state index is 12.8. The Hall–Kier alpha value is -0.710. The summed E-state index contributed by atoms with van der Waals surface area (Å²) in [4.78, 5) is 4.07. The Morgan fingerprint density at radius 2 is 2.15 bits per heavy atom. The van der Waals surface area contributed by atoms with Gasteiger partial charge in [-0.2, -0.15) is 0 Å². The second-order valence-corrected chi connectivity index (χ2v) is 3.57. The summed E-state index contributed by atoms with van der Waals surface area (Å²) in [5.41, 5.74) is 2.25. The van der Waals surface area contributed by atoms with E-state index in [1.54, 1.807) is 0 Å². The number of hydrogen-bond donors (Lipinski definition) is 2. The van der Waals surface area contributed by atoms with Crippen molar-refractivity contribution >= 4 is 5.84 Å². The van der Waals surface area contributed by atoms with Crippen LogP contribution in [0.2, 0.25) is 0 Å². The monoisotopic (exact) mass is 191 g/mol. The number of hydrogen-bond acceptors (Lipinski definition) is 2. The summed E-state index contributed by atoms with van der Waals surface area (Å²) in [6.45, 7) is 2.29. The second-order valence-electron chi connectivity index (χ2n) is 3.57. The highest BCUT2D eigenvalue weighted by Gasteiger charge is 2.35. The van der Waals surface area contributed by atoms with Crippen molar-refractivity contribution in [2.75, 3.05) is 0 Å². The first-order valence-corrected chi connectivity index (χ1v) is 4.37. The molecule has 1 atom stereocenters. The van der Waals surface area contributed by atoms with E-state index in [1.165, 1.54) is 6.92 Å². The summed E-state index contributed by atoms with van der Waals surface area (Å²) in [6.07, 6.45) is 1.96. The van der Waals surface area contributed by atoms with Crippen LogP contribution in [0.25, 0.3) is 0 Å². The van der Waals surface area contributed by atoms with E-state index in [9.17, 15) is 8.78 Å². The molecule has 1 fully saturated rings. The van der Waals surface area contributed by atoms with Crippen LogP contribution in [0, 0.1) is 5.92 Å². The average molecular weight is 191 g/mol. The minimum Gasteiger partial charge on any atom is -0.312 e. The number of aliphatic imine (C=N–C) groups is 1. The average Bonchev–Trinajstić information content (AvgIpc) is 2.80. The predicted octanol–water partition coefficient (Wildman–Crippen LogP) is 1.30. The summed E-state index contributed by atoms with van der Waals surface area (Å²) in [5, 5.41) is 0. The molecule has 13 heavy (non-hydrogen) atoms. The fourth-order valence-electron chi connectivity index (χ4n) is 0.914. The molecule has 1 rings (SSSR count). The lowest BCUT2D eigenvalue weighted by Crippen LogP contribution is -2.42. The lowest BCUT2D eigenvalue weighted by molar-refractivity contribution is -0.00825. The van der Waals surface area contributed by atoms with E-state index in [2.05, 4.69) is 10.4 Å². The van der Waals surface area contributed by atoms with Crippen molar-refractivity contribution in [3.63, 3.8) is 0 Å². The van der Waals surface area contributed by atoms with Gasteiger partial charge < -0.3 is 5.43 Å². The smallest absolute Gasteiger partial charge is 0.254 e. The van der Waals surface area contributed by atoms with Crippen molar-refractivity contribution in [2.24, 2.45) is 16.8 Å². The first-order valence-electron chi connectivity index (χ1n) is 4.37. The molecule has 0 aliphatic heterocycles. The number of nitrogens with zero attached hydrogens (tertiary/aromatic N) is 1. The minimum atomic E-state index is -2.78. The van der Waals surface area contributed by atoms with Crippen LogP contribution in [-0.4, -0.2) is 17.8 Å². The molecule has 0 aromatic rings. The number of nitrogens with two attached hydrogens (primary N) is 1. The van der Waals surface area contributed by atoms with Crippen LogP contribution in [-0.2, 0) is 0 Å². The quantitative estimate of drug-likeness (QED) is 0.306. The van der Waals surface area contributed by atoms with E-state index in [0.717, 1.165) is 19.8 Å². The number of amidine groups is 1. The number of halogens is 2. The lowest BCUT2D eigenvalue weighted by Gasteiger charge is -2.20. The molecular weight excluding hydrogens is 176 g/mol.